The number of aliphatic hydroxyl groups is 1. The number of nitrogens with zero attached hydrogens (tertiary/aromatic N) is 1. The van der Waals surface area contributed by atoms with Crippen molar-refractivity contribution in [2.45, 2.75) is 36.8 Å². The Hall–Kier alpha value is -1.03. The molecule has 29 heavy (non-hydrogen) atoms. The van der Waals surface area contributed by atoms with E-state index in [0.717, 1.165) is 9.87 Å². The van der Waals surface area contributed by atoms with Gasteiger partial charge in [0, 0.05) is 30.1 Å². The van der Waals surface area contributed by atoms with Crippen LogP contribution in [-0.2, 0) is 16.4 Å². The zero-order valence-electron chi connectivity index (χ0n) is 16.5. The molecule has 0 aromatic heterocycles. The highest BCUT2D eigenvalue weighted by Crippen LogP contribution is 2.24. The predicted octanol–water partition coefficient (Wildman–Crippen LogP) is 3.83. The number of sulfonamides is 1. The van der Waals surface area contributed by atoms with Gasteiger partial charge in [0.05, 0.1) is 16.0 Å². The molecule has 0 amide bonds. The summed E-state index contributed by atoms with van der Waals surface area (Å²) in [5.74, 6) is -0.473. The van der Waals surface area contributed by atoms with Gasteiger partial charge < -0.3 is 10.4 Å². The van der Waals surface area contributed by atoms with Crippen LogP contribution in [-0.4, -0.2) is 49.6 Å². The monoisotopic (exact) mass is 506 g/mol. The van der Waals surface area contributed by atoms with Crippen molar-refractivity contribution in [3.05, 3.63) is 63.3 Å². The molecule has 0 aliphatic carbocycles. The van der Waals surface area contributed by atoms with Crippen LogP contribution in [0.15, 0.2) is 51.8 Å². The van der Waals surface area contributed by atoms with Crippen molar-refractivity contribution < 1.29 is 17.9 Å². The van der Waals surface area contributed by atoms with Gasteiger partial charge in [0.15, 0.2) is 0 Å². The van der Waals surface area contributed by atoms with Crippen molar-refractivity contribution in [2.75, 3.05) is 20.1 Å². The fourth-order valence-corrected chi connectivity index (χ4v) is 5.18. The second-order valence-corrected chi connectivity index (χ2v) is 10.8. The van der Waals surface area contributed by atoms with Crippen LogP contribution in [0.5, 0.6) is 0 Å². The van der Waals surface area contributed by atoms with Gasteiger partial charge in [0.25, 0.3) is 0 Å². The van der Waals surface area contributed by atoms with Crippen molar-refractivity contribution >= 4 is 37.6 Å². The summed E-state index contributed by atoms with van der Waals surface area (Å²) in [5, 5.41) is 13.6. The highest BCUT2D eigenvalue weighted by Gasteiger charge is 2.26. The topological polar surface area (TPSA) is 69.6 Å². The van der Waals surface area contributed by atoms with Gasteiger partial charge in [-0.15, -0.1) is 0 Å². The molecule has 0 radical (unpaired) electrons. The van der Waals surface area contributed by atoms with Crippen molar-refractivity contribution in [2.24, 2.45) is 0 Å². The second kappa shape index (κ2) is 9.85. The Labute approximate surface area is 185 Å². The van der Waals surface area contributed by atoms with Crippen molar-refractivity contribution in [1.29, 1.82) is 0 Å². The average Bonchev–Trinajstić information content (AvgIpc) is 2.63. The molecule has 2 rings (SSSR count). The smallest absolute Gasteiger partial charge is 0.244 e. The number of hydrogen-bond acceptors (Lipinski definition) is 4. The van der Waals surface area contributed by atoms with Crippen LogP contribution < -0.4 is 5.32 Å². The zero-order chi connectivity index (χ0) is 21.8. The van der Waals surface area contributed by atoms with Crippen molar-refractivity contribution in [3.8, 4) is 0 Å². The molecule has 1 unspecified atom stereocenters. The first-order chi connectivity index (χ1) is 13.4. The molecule has 160 valence electrons. The lowest BCUT2D eigenvalue weighted by Gasteiger charge is -2.29. The summed E-state index contributed by atoms with van der Waals surface area (Å²) in [6, 6.07) is 11.2. The van der Waals surface area contributed by atoms with Crippen molar-refractivity contribution in [3.63, 3.8) is 0 Å². The van der Waals surface area contributed by atoms with Crippen LogP contribution in [0.2, 0.25) is 5.02 Å². The molecule has 0 saturated carbocycles. The zero-order valence-corrected chi connectivity index (χ0v) is 19.7. The average molecular weight is 508 g/mol. The van der Waals surface area contributed by atoms with Gasteiger partial charge in [-0.05, 0) is 66.0 Å². The summed E-state index contributed by atoms with van der Waals surface area (Å²) in [6.07, 6.45) is -0.405. The molecule has 2 aromatic carbocycles. The van der Waals surface area contributed by atoms with Crippen LogP contribution in [0.1, 0.15) is 19.4 Å². The normalized spacial score (nSPS) is 13.7. The molecule has 0 heterocycles. The van der Waals surface area contributed by atoms with Gasteiger partial charge in [-0.3, -0.25) is 0 Å². The van der Waals surface area contributed by atoms with Crippen LogP contribution >= 0.6 is 27.5 Å². The minimum absolute atomic E-state index is 0.0671. The van der Waals surface area contributed by atoms with E-state index in [9.17, 15) is 17.9 Å². The van der Waals surface area contributed by atoms with Crippen LogP contribution in [0.3, 0.4) is 0 Å². The van der Waals surface area contributed by atoms with E-state index < -0.39 is 27.5 Å². The molecule has 0 aliphatic heterocycles. The summed E-state index contributed by atoms with van der Waals surface area (Å²) >= 11 is 8.96. The highest BCUT2D eigenvalue weighted by atomic mass is 79.9. The summed E-state index contributed by atoms with van der Waals surface area (Å²) in [6.45, 7) is 3.96. The Morgan fingerprint density at radius 2 is 1.93 bits per heavy atom. The molecule has 2 aromatic rings. The quantitative estimate of drug-likeness (QED) is 0.541. The molecule has 0 fully saturated rings. The van der Waals surface area contributed by atoms with Crippen LogP contribution in [0.4, 0.5) is 4.39 Å². The molecule has 0 spiro atoms. The molecule has 9 heteroatoms. The minimum atomic E-state index is -3.73. The van der Waals surface area contributed by atoms with E-state index in [-0.39, 0.29) is 23.0 Å². The molecule has 5 nitrogen and oxygen atoms in total. The predicted molar refractivity (Wildman–Crippen MR) is 117 cm³/mol. The van der Waals surface area contributed by atoms with Gasteiger partial charge in [0.1, 0.15) is 5.82 Å². The van der Waals surface area contributed by atoms with E-state index in [2.05, 4.69) is 21.2 Å². The SMILES string of the molecule is CN(CC(O)CNC(C)(C)Cc1ccc(Cl)c(F)c1)S(=O)(=O)c1ccccc1Br. The number of nitrogens with one attached hydrogen (secondary N) is 1. The molecule has 0 bridgehead atoms. The number of likely N-dealkylation sites (N-methyl/N-ethyl adjacent to an activating group) is 1. The lowest BCUT2D eigenvalue weighted by Crippen LogP contribution is -2.47. The third kappa shape index (κ3) is 6.73. The maximum atomic E-state index is 13.6. The van der Waals surface area contributed by atoms with Gasteiger partial charge in [0.2, 0.25) is 10.0 Å². The Balaban J connectivity index is 1.95. The fraction of sp³-hybridized carbons (Fsp3) is 0.400. The van der Waals surface area contributed by atoms with Crippen LogP contribution in [0, 0.1) is 5.82 Å². The summed E-state index contributed by atoms with van der Waals surface area (Å²) in [5.41, 5.74) is 0.328. The second-order valence-electron chi connectivity index (χ2n) is 7.56. The van der Waals surface area contributed by atoms with Gasteiger partial charge in [-0.25, -0.2) is 12.8 Å². The molecular weight excluding hydrogens is 483 g/mol. The highest BCUT2D eigenvalue weighted by molar-refractivity contribution is 9.10. The molecular formula is C20H25BrClFN2O3S. The number of β-amino-alcohol motifs (C(OH)–C–C–N with tert-alkyl or cyclic N) is 1. The Bertz CT molecular complexity index is 956. The third-order valence-corrected chi connectivity index (χ3v) is 7.58. The van der Waals surface area contributed by atoms with E-state index in [0.29, 0.717) is 10.9 Å². The molecule has 0 aliphatic rings. The summed E-state index contributed by atoms with van der Waals surface area (Å²) in [4.78, 5) is 0.146. The first-order valence-electron chi connectivity index (χ1n) is 9.00. The van der Waals surface area contributed by atoms with E-state index in [1.54, 1.807) is 24.3 Å². The van der Waals surface area contributed by atoms with Gasteiger partial charge >= 0.3 is 0 Å². The number of rotatable bonds is 9. The minimum Gasteiger partial charge on any atom is -0.390 e. The number of aliphatic hydroxyl groups excluding tert-OH is 1. The van der Waals surface area contributed by atoms with Gasteiger partial charge in [-0.2, -0.15) is 4.31 Å². The van der Waals surface area contributed by atoms with E-state index in [4.69, 9.17) is 11.6 Å². The Kier molecular flexibility index (Phi) is 8.23. The molecule has 1 atom stereocenters. The summed E-state index contributed by atoms with van der Waals surface area (Å²) in [7, 11) is -2.30. The number of halogens is 3. The number of benzene rings is 2. The first kappa shape index (κ1) is 24.2. The standard InChI is InChI=1S/C20H25BrClFN2O3S/c1-20(2,11-14-8-9-17(22)18(23)10-14)24-12-15(26)13-25(3)29(27,28)19-7-5-4-6-16(19)21/h4-10,15,24,26H,11-13H2,1-3H3. The van der Waals surface area contributed by atoms with Crippen molar-refractivity contribution in [1.82, 2.24) is 9.62 Å². The lowest BCUT2D eigenvalue weighted by atomic mass is 9.94. The fourth-order valence-electron chi connectivity index (χ4n) is 2.90. The van der Waals surface area contributed by atoms with E-state index in [1.807, 2.05) is 13.8 Å². The first-order valence-corrected chi connectivity index (χ1v) is 11.6. The Morgan fingerprint density at radius 1 is 1.28 bits per heavy atom. The molecule has 2 N–H and O–H groups in total. The Morgan fingerprint density at radius 3 is 2.55 bits per heavy atom. The van der Waals surface area contributed by atoms with E-state index in [1.165, 1.54) is 25.2 Å². The maximum absolute atomic E-state index is 13.6. The summed E-state index contributed by atoms with van der Waals surface area (Å²) < 4.78 is 40.6. The van der Waals surface area contributed by atoms with Gasteiger partial charge in [-0.1, -0.05) is 29.8 Å². The van der Waals surface area contributed by atoms with Crippen LogP contribution in [0.25, 0.3) is 0 Å². The molecule has 0 saturated heterocycles. The van der Waals surface area contributed by atoms with E-state index >= 15 is 0 Å². The maximum Gasteiger partial charge on any atom is 0.244 e. The largest absolute Gasteiger partial charge is 0.390 e. The number of hydrogen-bond donors (Lipinski definition) is 2. The third-order valence-electron chi connectivity index (χ3n) is 4.44. The lowest BCUT2D eigenvalue weighted by molar-refractivity contribution is 0.139.